The van der Waals surface area contributed by atoms with E-state index in [0.717, 1.165) is 48.9 Å². The molecular weight excluding hydrogens is 510 g/mol. The molecule has 202 valence electrons. The van der Waals surface area contributed by atoms with Crippen LogP contribution >= 0.6 is 15.6 Å². The normalized spacial score (nSPS) is 25.9. The second-order valence-corrected chi connectivity index (χ2v) is 11.2. The fourth-order valence-electron chi connectivity index (χ4n) is 3.49. The van der Waals surface area contributed by atoms with E-state index in [1.165, 1.54) is 12.8 Å². The first-order chi connectivity index (χ1) is 16.5. The number of aromatic amines is 1. The molecule has 1 aliphatic rings. The second kappa shape index (κ2) is 13.9. The van der Waals surface area contributed by atoms with Gasteiger partial charge in [0.15, 0.2) is 6.23 Å². The van der Waals surface area contributed by atoms with Crippen LogP contribution in [0.25, 0.3) is 0 Å². The van der Waals surface area contributed by atoms with E-state index in [0.29, 0.717) is 6.42 Å². The molecule has 5 N–H and O–H groups in total. The van der Waals surface area contributed by atoms with Crippen LogP contribution in [0.4, 0.5) is 0 Å². The van der Waals surface area contributed by atoms with Crippen molar-refractivity contribution < 1.29 is 47.2 Å². The molecule has 0 amide bonds. The predicted octanol–water partition coefficient (Wildman–Crippen LogP) is 1.55. The van der Waals surface area contributed by atoms with E-state index in [1.807, 2.05) is 4.98 Å². The third-order valence-corrected chi connectivity index (χ3v) is 7.96. The Morgan fingerprint density at radius 3 is 2.20 bits per heavy atom. The van der Waals surface area contributed by atoms with Crippen molar-refractivity contribution in [2.24, 2.45) is 0 Å². The van der Waals surface area contributed by atoms with Crippen molar-refractivity contribution >= 4 is 15.6 Å². The van der Waals surface area contributed by atoms with E-state index in [9.17, 15) is 38.7 Å². The molecule has 1 aromatic heterocycles. The Kier molecular flexibility index (Phi) is 12.0. The Hall–Kier alpha value is -1.18. The Balaban J connectivity index is 1.77. The molecule has 1 saturated heterocycles. The van der Waals surface area contributed by atoms with E-state index >= 15 is 0 Å². The van der Waals surface area contributed by atoms with Gasteiger partial charge in [-0.3, -0.25) is 23.4 Å². The monoisotopic (exact) mass is 544 g/mol. The van der Waals surface area contributed by atoms with Gasteiger partial charge in [-0.25, -0.2) is 13.9 Å². The smallest absolute Gasteiger partial charge is 0.387 e. The van der Waals surface area contributed by atoms with E-state index in [1.54, 1.807) is 0 Å². The first-order valence-corrected chi connectivity index (χ1v) is 14.4. The highest BCUT2D eigenvalue weighted by Crippen LogP contribution is 2.60. The molecule has 6 unspecified atom stereocenters. The minimum absolute atomic E-state index is 0.158. The number of phosphoric acid groups is 2. The van der Waals surface area contributed by atoms with Gasteiger partial charge in [-0.05, 0) is 6.42 Å². The summed E-state index contributed by atoms with van der Waals surface area (Å²) in [6.07, 6.45) is 2.76. The number of phosphoric ester groups is 2. The van der Waals surface area contributed by atoms with Crippen molar-refractivity contribution in [1.29, 1.82) is 0 Å². The molecule has 0 aliphatic carbocycles. The lowest BCUT2D eigenvalue weighted by Gasteiger charge is -2.19. The number of aromatic nitrogens is 2. The summed E-state index contributed by atoms with van der Waals surface area (Å²) in [5.41, 5.74) is -1.60. The number of rotatable bonds is 16. The number of hydrogen-bond donors (Lipinski definition) is 5. The maximum atomic E-state index is 12.1. The summed E-state index contributed by atoms with van der Waals surface area (Å²) in [5, 5.41) is 20.3. The zero-order valence-corrected chi connectivity index (χ0v) is 21.2. The van der Waals surface area contributed by atoms with Crippen LogP contribution in [0.15, 0.2) is 21.9 Å². The quantitative estimate of drug-likeness (QED) is 0.148. The summed E-state index contributed by atoms with van der Waals surface area (Å²) >= 11 is 0. The molecule has 2 rings (SSSR count). The SMILES string of the molecule is CCCCCCCCCCOP(=O)(O)OP(=O)(O)OCC1OC(n2ccc(=O)[nH]c2=O)C(O)C1O. The van der Waals surface area contributed by atoms with Crippen LogP contribution in [0.5, 0.6) is 0 Å². The third-order valence-electron chi connectivity index (χ3n) is 5.32. The van der Waals surface area contributed by atoms with Crippen molar-refractivity contribution in [2.45, 2.75) is 82.8 Å². The highest BCUT2D eigenvalue weighted by atomic mass is 31.3. The minimum Gasteiger partial charge on any atom is -0.387 e. The largest absolute Gasteiger partial charge is 0.481 e. The van der Waals surface area contributed by atoms with Crippen molar-refractivity contribution in [2.75, 3.05) is 13.2 Å². The number of nitrogens with zero attached hydrogens (tertiary/aromatic N) is 1. The fraction of sp³-hybridized carbons (Fsp3) is 0.789. The minimum atomic E-state index is -5.12. The molecule has 0 radical (unpaired) electrons. The molecule has 1 aliphatic heterocycles. The highest BCUT2D eigenvalue weighted by Gasteiger charge is 2.46. The van der Waals surface area contributed by atoms with Crippen molar-refractivity contribution in [3.63, 3.8) is 0 Å². The average molecular weight is 544 g/mol. The summed E-state index contributed by atoms with van der Waals surface area (Å²) in [4.78, 5) is 44.5. The Bertz CT molecular complexity index is 999. The fourth-order valence-corrected chi connectivity index (χ4v) is 5.60. The van der Waals surface area contributed by atoms with Gasteiger partial charge in [0.25, 0.3) is 5.56 Å². The molecule has 16 heteroatoms. The molecule has 35 heavy (non-hydrogen) atoms. The van der Waals surface area contributed by atoms with Crippen molar-refractivity contribution in [3.8, 4) is 0 Å². The van der Waals surface area contributed by atoms with Crippen LogP contribution in [0.1, 0.15) is 64.5 Å². The maximum Gasteiger partial charge on any atom is 0.481 e. The van der Waals surface area contributed by atoms with Gasteiger partial charge in [-0.1, -0.05) is 51.9 Å². The molecule has 0 saturated carbocycles. The second-order valence-electron chi connectivity index (χ2n) is 8.19. The molecule has 14 nitrogen and oxygen atoms in total. The van der Waals surface area contributed by atoms with E-state index < -0.39 is 58.0 Å². The number of unbranched alkanes of at least 4 members (excludes halogenated alkanes) is 7. The van der Waals surface area contributed by atoms with Crippen LogP contribution in [0, 0.1) is 0 Å². The van der Waals surface area contributed by atoms with Gasteiger partial charge < -0.3 is 24.7 Å². The van der Waals surface area contributed by atoms with E-state index in [2.05, 4.69) is 15.8 Å². The van der Waals surface area contributed by atoms with Crippen LogP contribution in [0.3, 0.4) is 0 Å². The first kappa shape index (κ1) is 30.0. The van der Waals surface area contributed by atoms with E-state index in [4.69, 9.17) is 9.26 Å². The summed E-state index contributed by atoms with van der Waals surface area (Å²) in [7, 11) is -10.0. The Labute approximate surface area is 202 Å². The lowest BCUT2D eigenvalue weighted by atomic mass is 10.1. The summed E-state index contributed by atoms with van der Waals surface area (Å²) in [6, 6.07) is 0.996. The molecule has 2 heterocycles. The van der Waals surface area contributed by atoms with Gasteiger partial charge in [0.2, 0.25) is 0 Å². The van der Waals surface area contributed by atoms with E-state index in [-0.39, 0.29) is 6.61 Å². The number of aliphatic hydroxyl groups is 2. The summed E-state index contributed by atoms with van der Waals surface area (Å²) in [6.45, 7) is 1.14. The summed E-state index contributed by atoms with van der Waals surface area (Å²) < 4.78 is 43.8. The molecule has 6 atom stereocenters. The van der Waals surface area contributed by atoms with Crippen LogP contribution in [0.2, 0.25) is 0 Å². The number of nitrogens with one attached hydrogen (secondary N) is 1. The first-order valence-electron chi connectivity index (χ1n) is 11.4. The Morgan fingerprint density at radius 1 is 0.971 bits per heavy atom. The number of aliphatic hydroxyl groups excluding tert-OH is 2. The van der Waals surface area contributed by atoms with Crippen LogP contribution in [-0.4, -0.2) is 61.1 Å². The zero-order chi connectivity index (χ0) is 26.1. The molecular formula is C19H34N2O12P2. The van der Waals surface area contributed by atoms with Gasteiger partial charge in [0.1, 0.15) is 18.3 Å². The lowest BCUT2D eigenvalue weighted by Crippen LogP contribution is -2.37. The topological polar surface area (TPSA) is 207 Å². The average Bonchev–Trinajstić information content (AvgIpc) is 3.04. The molecule has 0 aromatic carbocycles. The highest BCUT2D eigenvalue weighted by molar-refractivity contribution is 7.61. The van der Waals surface area contributed by atoms with Crippen LogP contribution in [-0.2, 0) is 27.2 Å². The standard InChI is InChI=1S/C19H34N2O12P2/c1-2-3-4-5-6-7-8-9-12-30-34(26,27)33-35(28,29)31-13-14-16(23)17(24)18(32-14)21-11-10-15(22)20-19(21)25/h10-11,14,16-18,23-24H,2-9,12-13H2,1H3,(H,26,27)(H,28,29)(H,20,22,25). The van der Waals surface area contributed by atoms with Gasteiger partial charge in [0, 0.05) is 12.3 Å². The summed E-state index contributed by atoms with van der Waals surface area (Å²) in [5.74, 6) is 0. The predicted molar refractivity (Wildman–Crippen MR) is 122 cm³/mol. The number of hydrogen-bond acceptors (Lipinski definition) is 10. The lowest BCUT2D eigenvalue weighted by molar-refractivity contribution is -0.0543. The molecule has 0 spiro atoms. The maximum absolute atomic E-state index is 12.1. The number of ether oxygens (including phenoxy) is 1. The van der Waals surface area contributed by atoms with Gasteiger partial charge in [0.05, 0.1) is 13.2 Å². The van der Waals surface area contributed by atoms with Gasteiger partial charge in [-0.2, -0.15) is 4.31 Å². The van der Waals surface area contributed by atoms with Crippen LogP contribution < -0.4 is 11.2 Å². The van der Waals surface area contributed by atoms with Gasteiger partial charge in [-0.15, -0.1) is 0 Å². The Morgan fingerprint density at radius 2 is 1.57 bits per heavy atom. The zero-order valence-electron chi connectivity index (χ0n) is 19.4. The molecule has 1 aromatic rings. The van der Waals surface area contributed by atoms with Crippen molar-refractivity contribution in [3.05, 3.63) is 33.1 Å². The molecule has 0 bridgehead atoms. The van der Waals surface area contributed by atoms with Gasteiger partial charge >= 0.3 is 21.3 Å². The van der Waals surface area contributed by atoms with Crippen molar-refractivity contribution in [1.82, 2.24) is 9.55 Å². The number of H-pyrrole nitrogens is 1. The third kappa shape index (κ3) is 10.0. The molecule has 1 fully saturated rings.